The van der Waals surface area contributed by atoms with Crippen molar-refractivity contribution in [2.45, 2.75) is 11.7 Å². The molecule has 1 atom stereocenters. The summed E-state index contributed by atoms with van der Waals surface area (Å²) in [5.41, 5.74) is 0.988. The number of likely N-dealkylation sites (N-methyl/N-ethyl adjacent to an activating group) is 1. The zero-order valence-electron chi connectivity index (χ0n) is 15.2. The summed E-state index contributed by atoms with van der Waals surface area (Å²) in [4.78, 5) is 29.1. The lowest BCUT2D eigenvalue weighted by Gasteiger charge is -2.18. The number of nitrogens with zero attached hydrogens (tertiary/aromatic N) is 2. The third-order valence-electron chi connectivity index (χ3n) is 4.15. The molecule has 1 aliphatic heterocycles. The second-order valence-corrected chi connectivity index (χ2v) is 7.23. The lowest BCUT2D eigenvalue weighted by Crippen LogP contribution is -2.25. The fourth-order valence-corrected chi connectivity index (χ4v) is 3.47. The van der Waals surface area contributed by atoms with Crippen LogP contribution in [0, 0.1) is 0 Å². The van der Waals surface area contributed by atoms with Gasteiger partial charge in [-0.2, -0.15) is 0 Å². The fourth-order valence-electron chi connectivity index (χ4n) is 2.61. The van der Waals surface area contributed by atoms with Crippen molar-refractivity contribution in [3.63, 3.8) is 0 Å². The van der Waals surface area contributed by atoms with E-state index in [-0.39, 0.29) is 16.4 Å². The molecule has 1 saturated heterocycles. The summed E-state index contributed by atoms with van der Waals surface area (Å²) < 4.78 is 11.0. The minimum Gasteiger partial charge on any atom is -0.497 e. The summed E-state index contributed by atoms with van der Waals surface area (Å²) in [6, 6.07) is 11.3. The van der Waals surface area contributed by atoms with Crippen LogP contribution in [0.15, 0.2) is 42.6 Å². The first-order valence-corrected chi connectivity index (χ1v) is 9.37. The Kier molecular flexibility index (Phi) is 6.18. The number of imide groups is 1. The van der Waals surface area contributed by atoms with E-state index >= 15 is 0 Å². The van der Waals surface area contributed by atoms with Crippen LogP contribution in [-0.4, -0.2) is 48.7 Å². The molecule has 1 aromatic heterocycles. The topological polar surface area (TPSA) is 80.8 Å². The Bertz CT molecular complexity index is 813. The van der Waals surface area contributed by atoms with Crippen molar-refractivity contribution in [1.29, 1.82) is 0 Å². The molecule has 1 aliphatic rings. The van der Waals surface area contributed by atoms with Crippen LogP contribution in [0.2, 0.25) is 0 Å². The molecule has 3 rings (SSSR count). The van der Waals surface area contributed by atoms with Crippen molar-refractivity contribution in [3.8, 4) is 11.5 Å². The molecule has 0 aliphatic carbocycles. The minimum atomic E-state index is -0.353. The first-order chi connectivity index (χ1) is 13.0. The second kappa shape index (κ2) is 8.77. The number of hydrogen-bond donors (Lipinski definition) is 1. The standard InChI is InChI=1S/C19H21N3O4S/c1-22(17-12-15(25-2)7-8-20-17)9-10-26-14-5-3-13(4-6-14)11-16-18(23)21-19(24)27-16/h3-8,12,16H,9-11H2,1-2H3,(H,21,23,24). The molecule has 2 heterocycles. The average Bonchev–Trinajstić information content (AvgIpc) is 3.00. The normalized spacial score (nSPS) is 16.1. The molecule has 7 nitrogen and oxygen atoms in total. The predicted molar refractivity (Wildman–Crippen MR) is 105 cm³/mol. The molecule has 0 spiro atoms. The first-order valence-electron chi connectivity index (χ1n) is 8.49. The maximum atomic E-state index is 11.6. The van der Waals surface area contributed by atoms with E-state index in [0.29, 0.717) is 19.6 Å². The average molecular weight is 387 g/mol. The van der Waals surface area contributed by atoms with Crippen LogP contribution in [0.25, 0.3) is 0 Å². The maximum absolute atomic E-state index is 11.6. The predicted octanol–water partition coefficient (Wildman–Crippen LogP) is 2.50. The number of carbonyl (C=O) groups excluding carboxylic acids is 2. The van der Waals surface area contributed by atoms with Crippen LogP contribution in [-0.2, 0) is 11.2 Å². The Labute approximate surface area is 162 Å². The molecule has 2 amide bonds. The lowest BCUT2D eigenvalue weighted by molar-refractivity contribution is -0.118. The Morgan fingerprint density at radius 2 is 1.96 bits per heavy atom. The SMILES string of the molecule is COc1ccnc(N(C)CCOc2ccc(CC3SC(=O)NC3=O)cc2)c1. The van der Waals surface area contributed by atoms with Crippen LogP contribution in [0.5, 0.6) is 11.5 Å². The van der Waals surface area contributed by atoms with Crippen LogP contribution < -0.4 is 19.7 Å². The molecular formula is C19H21N3O4S. The number of methoxy groups -OCH3 is 1. The summed E-state index contributed by atoms with van der Waals surface area (Å²) in [5, 5.41) is 1.67. The van der Waals surface area contributed by atoms with E-state index in [1.165, 1.54) is 0 Å². The third kappa shape index (κ3) is 5.13. The molecule has 0 radical (unpaired) electrons. The first kappa shape index (κ1) is 19.0. The third-order valence-corrected chi connectivity index (χ3v) is 5.13. The van der Waals surface area contributed by atoms with Crippen molar-refractivity contribution in [3.05, 3.63) is 48.2 Å². The van der Waals surface area contributed by atoms with Gasteiger partial charge in [0.05, 0.1) is 18.9 Å². The summed E-state index contributed by atoms with van der Waals surface area (Å²) >= 11 is 1.04. The van der Waals surface area contributed by atoms with Gasteiger partial charge in [0.25, 0.3) is 5.24 Å². The molecule has 27 heavy (non-hydrogen) atoms. The monoisotopic (exact) mass is 387 g/mol. The molecule has 2 aromatic rings. The van der Waals surface area contributed by atoms with E-state index in [1.54, 1.807) is 19.4 Å². The zero-order chi connectivity index (χ0) is 19.2. The van der Waals surface area contributed by atoms with Crippen molar-refractivity contribution in [2.75, 3.05) is 32.2 Å². The van der Waals surface area contributed by atoms with Crippen molar-refractivity contribution >= 4 is 28.7 Å². The fraction of sp³-hybridized carbons (Fsp3) is 0.316. The van der Waals surface area contributed by atoms with Gasteiger partial charge in [0.15, 0.2) is 0 Å². The number of thioether (sulfide) groups is 1. The van der Waals surface area contributed by atoms with Gasteiger partial charge < -0.3 is 14.4 Å². The van der Waals surface area contributed by atoms with Gasteiger partial charge in [-0.25, -0.2) is 4.98 Å². The maximum Gasteiger partial charge on any atom is 0.286 e. The quantitative estimate of drug-likeness (QED) is 0.745. The smallest absolute Gasteiger partial charge is 0.286 e. The Hall–Kier alpha value is -2.74. The number of nitrogens with one attached hydrogen (secondary N) is 1. The van der Waals surface area contributed by atoms with E-state index in [9.17, 15) is 9.59 Å². The van der Waals surface area contributed by atoms with Crippen molar-refractivity contribution in [2.24, 2.45) is 0 Å². The van der Waals surface area contributed by atoms with Crippen molar-refractivity contribution < 1.29 is 19.1 Å². The largest absolute Gasteiger partial charge is 0.497 e. The highest BCUT2D eigenvalue weighted by Crippen LogP contribution is 2.24. The highest BCUT2D eigenvalue weighted by atomic mass is 32.2. The van der Waals surface area contributed by atoms with E-state index in [2.05, 4.69) is 10.3 Å². The number of rotatable bonds is 8. The molecule has 0 saturated carbocycles. The van der Waals surface area contributed by atoms with Gasteiger partial charge in [-0.1, -0.05) is 23.9 Å². The van der Waals surface area contributed by atoms with Gasteiger partial charge in [0.1, 0.15) is 23.9 Å². The summed E-state index contributed by atoms with van der Waals surface area (Å²) in [6.07, 6.45) is 2.23. The molecule has 1 unspecified atom stereocenters. The van der Waals surface area contributed by atoms with E-state index in [0.717, 1.165) is 34.6 Å². The number of aromatic nitrogens is 1. The second-order valence-electron chi connectivity index (χ2n) is 6.06. The minimum absolute atomic E-state index is 0.223. The number of pyridine rings is 1. The number of ether oxygens (including phenoxy) is 2. The van der Waals surface area contributed by atoms with Crippen LogP contribution >= 0.6 is 11.8 Å². The summed E-state index contributed by atoms with van der Waals surface area (Å²) in [5.74, 6) is 2.11. The molecule has 0 bridgehead atoms. The van der Waals surface area contributed by atoms with E-state index < -0.39 is 0 Å². The molecule has 1 aromatic carbocycles. The lowest BCUT2D eigenvalue weighted by atomic mass is 10.1. The highest BCUT2D eigenvalue weighted by molar-refractivity contribution is 8.15. The summed E-state index contributed by atoms with van der Waals surface area (Å²) in [6.45, 7) is 1.17. The molecular weight excluding hydrogens is 366 g/mol. The van der Waals surface area contributed by atoms with E-state index in [1.807, 2.05) is 42.3 Å². The highest BCUT2D eigenvalue weighted by Gasteiger charge is 2.31. The van der Waals surface area contributed by atoms with Gasteiger partial charge in [0.2, 0.25) is 5.91 Å². The van der Waals surface area contributed by atoms with Gasteiger partial charge in [-0.3, -0.25) is 14.9 Å². The molecule has 1 fully saturated rings. The molecule has 1 N–H and O–H groups in total. The molecule has 142 valence electrons. The number of amides is 2. The van der Waals surface area contributed by atoms with Gasteiger partial charge in [-0.05, 0) is 30.2 Å². The summed E-state index contributed by atoms with van der Waals surface area (Å²) in [7, 11) is 3.57. The zero-order valence-corrected chi connectivity index (χ0v) is 16.0. The Morgan fingerprint density at radius 1 is 1.19 bits per heavy atom. The number of anilines is 1. The van der Waals surface area contributed by atoms with Crippen LogP contribution in [0.3, 0.4) is 0 Å². The Balaban J connectivity index is 1.47. The van der Waals surface area contributed by atoms with Gasteiger partial charge in [0, 0.05) is 19.3 Å². The van der Waals surface area contributed by atoms with E-state index in [4.69, 9.17) is 9.47 Å². The number of benzene rings is 1. The van der Waals surface area contributed by atoms with Crippen molar-refractivity contribution in [1.82, 2.24) is 10.3 Å². The number of carbonyl (C=O) groups is 2. The number of hydrogen-bond acceptors (Lipinski definition) is 7. The van der Waals surface area contributed by atoms with Gasteiger partial charge in [-0.15, -0.1) is 0 Å². The van der Waals surface area contributed by atoms with Gasteiger partial charge >= 0.3 is 0 Å². The van der Waals surface area contributed by atoms with Crippen LogP contribution in [0.1, 0.15) is 5.56 Å². The Morgan fingerprint density at radius 3 is 2.63 bits per heavy atom. The van der Waals surface area contributed by atoms with Crippen LogP contribution in [0.4, 0.5) is 10.6 Å². The molecule has 8 heteroatoms.